The molecule has 21 heavy (non-hydrogen) atoms. The van der Waals surface area contributed by atoms with E-state index in [0.29, 0.717) is 19.1 Å². The van der Waals surface area contributed by atoms with Crippen LogP contribution in [0.5, 0.6) is 17.2 Å². The molecule has 1 saturated heterocycles. The van der Waals surface area contributed by atoms with Gasteiger partial charge in [0, 0.05) is 19.8 Å². The standard InChI is InChI=1S/C16H23NO4/c1-18-14-8-13(9-15-16(14)21-7-6-20-15)10-17-4-2-12-3-5-19-11-12/h8-9,12,17H,2-7,10-11H2,1H3. The third-order valence-electron chi connectivity index (χ3n) is 3.97. The van der Waals surface area contributed by atoms with Crippen LogP contribution in [0.3, 0.4) is 0 Å². The summed E-state index contributed by atoms with van der Waals surface area (Å²) in [6.45, 7) is 4.81. The predicted molar refractivity (Wildman–Crippen MR) is 79.2 cm³/mol. The number of benzene rings is 1. The monoisotopic (exact) mass is 293 g/mol. The van der Waals surface area contributed by atoms with Crippen LogP contribution in [-0.2, 0) is 11.3 Å². The lowest BCUT2D eigenvalue weighted by Crippen LogP contribution is -2.19. The molecule has 0 amide bonds. The predicted octanol–water partition coefficient (Wildman–Crippen LogP) is 1.98. The Bertz CT molecular complexity index is 454. The summed E-state index contributed by atoms with van der Waals surface area (Å²) < 4.78 is 22.0. The Morgan fingerprint density at radius 1 is 1.24 bits per heavy atom. The molecule has 2 aliphatic rings. The van der Waals surface area contributed by atoms with Gasteiger partial charge in [-0.15, -0.1) is 0 Å². The summed E-state index contributed by atoms with van der Waals surface area (Å²) in [6.07, 6.45) is 2.36. The van der Waals surface area contributed by atoms with Gasteiger partial charge >= 0.3 is 0 Å². The summed E-state index contributed by atoms with van der Waals surface area (Å²) in [5.41, 5.74) is 1.15. The number of hydrogen-bond acceptors (Lipinski definition) is 5. The molecule has 5 nitrogen and oxygen atoms in total. The van der Waals surface area contributed by atoms with Crippen LogP contribution in [0.25, 0.3) is 0 Å². The molecule has 0 aromatic heterocycles. The highest BCUT2D eigenvalue weighted by atomic mass is 16.6. The van der Waals surface area contributed by atoms with Crippen molar-refractivity contribution in [3.05, 3.63) is 17.7 Å². The fourth-order valence-electron chi connectivity index (χ4n) is 2.78. The van der Waals surface area contributed by atoms with Gasteiger partial charge in [0.05, 0.1) is 7.11 Å². The lowest BCUT2D eigenvalue weighted by Gasteiger charge is -2.21. The Kier molecular flexibility index (Phi) is 4.83. The second-order valence-electron chi connectivity index (χ2n) is 5.52. The summed E-state index contributed by atoms with van der Waals surface area (Å²) >= 11 is 0. The SMILES string of the molecule is COc1cc(CNCCC2CCOC2)cc2c1OCCO2. The van der Waals surface area contributed by atoms with Crippen molar-refractivity contribution < 1.29 is 18.9 Å². The highest BCUT2D eigenvalue weighted by Gasteiger charge is 2.18. The van der Waals surface area contributed by atoms with Crippen LogP contribution in [-0.4, -0.2) is 40.1 Å². The van der Waals surface area contributed by atoms with Crippen molar-refractivity contribution in [2.45, 2.75) is 19.4 Å². The highest BCUT2D eigenvalue weighted by molar-refractivity contribution is 5.54. The summed E-state index contributed by atoms with van der Waals surface area (Å²) in [5, 5.41) is 3.48. The highest BCUT2D eigenvalue weighted by Crippen LogP contribution is 2.40. The number of methoxy groups -OCH3 is 1. The van der Waals surface area contributed by atoms with Crippen molar-refractivity contribution in [3.63, 3.8) is 0 Å². The Hall–Kier alpha value is -1.46. The third kappa shape index (κ3) is 3.60. The number of rotatable bonds is 6. The molecule has 3 rings (SSSR count). The average Bonchev–Trinajstić information content (AvgIpc) is 3.04. The third-order valence-corrected chi connectivity index (χ3v) is 3.97. The summed E-state index contributed by atoms with van der Waals surface area (Å²) in [4.78, 5) is 0. The Morgan fingerprint density at radius 2 is 2.14 bits per heavy atom. The molecular formula is C16H23NO4. The fourth-order valence-corrected chi connectivity index (χ4v) is 2.78. The zero-order valence-electron chi connectivity index (χ0n) is 12.5. The summed E-state index contributed by atoms with van der Waals surface area (Å²) in [7, 11) is 1.66. The number of ether oxygens (including phenoxy) is 4. The molecule has 1 fully saturated rings. The Morgan fingerprint density at radius 3 is 2.95 bits per heavy atom. The first-order valence-corrected chi connectivity index (χ1v) is 7.62. The maximum Gasteiger partial charge on any atom is 0.203 e. The van der Waals surface area contributed by atoms with Crippen molar-refractivity contribution in [1.82, 2.24) is 5.32 Å². The molecule has 0 bridgehead atoms. The van der Waals surface area contributed by atoms with Crippen LogP contribution in [0.2, 0.25) is 0 Å². The lowest BCUT2D eigenvalue weighted by atomic mass is 10.1. The minimum absolute atomic E-state index is 0.574. The van der Waals surface area contributed by atoms with Gasteiger partial charge in [-0.2, -0.15) is 0 Å². The topological polar surface area (TPSA) is 49.0 Å². The molecule has 1 aromatic carbocycles. The van der Waals surface area contributed by atoms with Crippen molar-refractivity contribution in [1.29, 1.82) is 0 Å². The average molecular weight is 293 g/mol. The second kappa shape index (κ2) is 7.00. The molecule has 5 heteroatoms. The van der Waals surface area contributed by atoms with Gasteiger partial charge in [-0.3, -0.25) is 0 Å². The maximum absolute atomic E-state index is 5.64. The van der Waals surface area contributed by atoms with Crippen molar-refractivity contribution in [3.8, 4) is 17.2 Å². The summed E-state index contributed by atoms with van der Waals surface area (Å²) in [6, 6.07) is 4.04. The maximum atomic E-state index is 5.64. The van der Waals surface area contributed by atoms with Crippen LogP contribution < -0.4 is 19.5 Å². The molecule has 1 atom stereocenters. The van der Waals surface area contributed by atoms with E-state index in [2.05, 4.69) is 5.32 Å². The molecule has 0 radical (unpaired) electrons. The van der Waals surface area contributed by atoms with Gasteiger partial charge in [-0.1, -0.05) is 0 Å². The van der Waals surface area contributed by atoms with Gasteiger partial charge in [-0.25, -0.2) is 0 Å². The van der Waals surface area contributed by atoms with E-state index < -0.39 is 0 Å². The smallest absolute Gasteiger partial charge is 0.203 e. The molecule has 2 heterocycles. The number of hydrogen-bond donors (Lipinski definition) is 1. The van der Waals surface area contributed by atoms with Crippen molar-refractivity contribution >= 4 is 0 Å². The molecular weight excluding hydrogens is 270 g/mol. The van der Waals surface area contributed by atoms with E-state index in [1.165, 1.54) is 12.8 Å². The molecule has 0 aliphatic carbocycles. The zero-order valence-corrected chi connectivity index (χ0v) is 12.5. The first kappa shape index (κ1) is 14.5. The van der Waals surface area contributed by atoms with Crippen LogP contribution >= 0.6 is 0 Å². The molecule has 1 aromatic rings. The first-order chi connectivity index (χ1) is 10.4. The van der Waals surface area contributed by atoms with Crippen LogP contribution in [0.1, 0.15) is 18.4 Å². The number of fused-ring (bicyclic) bond motifs is 1. The molecule has 116 valence electrons. The van der Waals surface area contributed by atoms with Gasteiger partial charge in [0.1, 0.15) is 13.2 Å². The van der Waals surface area contributed by atoms with E-state index in [4.69, 9.17) is 18.9 Å². The number of nitrogens with one attached hydrogen (secondary N) is 1. The lowest BCUT2D eigenvalue weighted by molar-refractivity contribution is 0.165. The van der Waals surface area contributed by atoms with E-state index in [-0.39, 0.29) is 0 Å². The molecule has 0 spiro atoms. The van der Waals surface area contributed by atoms with Gasteiger partial charge in [-0.05, 0) is 43.0 Å². The molecule has 0 saturated carbocycles. The quantitative estimate of drug-likeness (QED) is 0.813. The fraction of sp³-hybridized carbons (Fsp3) is 0.625. The van der Waals surface area contributed by atoms with E-state index in [1.54, 1.807) is 7.11 Å². The first-order valence-electron chi connectivity index (χ1n) is 7.62. The van der Waals surface area contributed by atoms with E-state index >= 15 is 0 Å². The van der Waals surface area contributed by atoms with Crippen LogP contribution in [0, 0.1) is 5.92 Å². The van der Waals surface area contributed by atoms with Crippen molar-refractivity contribution in [2.24, 2.45) is 5.92 Å². The minimum Gasteiger partial charge on any atom is -0.493 e. The zero-order chi connectivity index (χ0) is 14.5. The van der Waals surface area contributed by atoms with E-state index in [9.17, 15) is 0 Å². The van der Waals surface area contributed by atoms with E-state index in [0.717, 1.165) is 49.1 Å². The van der Waals surface area contributed by atoms with E-state index in [1.807, 2.05) is 12.1 Å². The minimum atomic E-state index is 0.574. The largest absolute Gasteiger partial charge is 0.493 e. The van der Waals surface area contributed by atoms with Crippen LogP contribution in [0.15, 0.2) is 12.1 Å². The van der Waals surface area contributed by atoms with Gasteiger partial charge in [0.15, 0.2) is 11.5 Å². The Balaban J connectivity index is 1.55. The molecule has 2 aliphatic heterocycles. The van der Waals surface area contributed by atoms with Crippen molar-refractivity contribution in [2.75, 3.05) is 40.1 Å². The van der Waals surface area contributed by atoms with Gasteiger partial charge < -0.3 is 24.3 Å². The molecule has 1 N–H and O–H groups in total. The van der Waals surface area contributed by atoms with Gasteiger partial charge in [0.2, 0.25) is 5.75 Å². The van der Waals surface area contributed by atoms with Crippen LogP contribution in [0.4, 0.5) is 0 Å². The normalized spacial score (nSPS) is 20.5. The summed E-state index contributed by atoms with van der Waals surface area (Å²) in [5.74, 6) is 2.96. The molecule has 1 unspecified atom stereocenters. The second-order valence-corrected chi connectivity index (χ2v) is 5.52. The van der Waals surface area contributed by atoms with Gasteiger partial charge in [0.25, 0.3) is 0 Å². The Labute approximate surface area is 125 Å².